The van der Waals surface area contributed by atoms with Crippen molar-refractivity contribution >= 4 is 34.5 Å². The van der Waals surface area contributed by atoms with E-state index in [1.807, 2.05) is 65.0 Å². The molecule has 0 bridgehead atoms. The summed E-state index contributed by atoms with van der Waals surface area (Å²) in [5, 5.41) is 4.93. The molecule has 2 aromatic heterocycles. The molecular weight excluding hydrogens is 436 g/mol. The van der Waals surface area contributed by atoms with Crippen molar-refractivity contribution in [1.29, 1.82) is 0 Å². The van der Waals surface area contributed by atoms with Crippen molar-refractivity contribution in [2.24, 2.45) is 5.92 Å². The molecule has 0 spiro atoms. The lowest BCUT2D eigenvalue weighted by Crippen LogP contribution is -2.52. The van der Waals surface area contributed by atoms with Gasteiger partial charge in [0.25, 0.3) is 5.91 Å². The van der Waals surface area contributed by atoms with Gasteiger partial charge in [-0.3, -0.25) is 14.6 Å². The number of likely N-dealkylation sites (tertiary alicyclic amines) is 1. The molecule has 4 heterocycles. The van der Waals surface area contributed by atoms with E-state index >= 15 is 0 Å². The first kappa shape index (κ1) is 21.5. The van der Waals surface area contributed by atoms with Crippen molar-refractivity contribution in [2.45, 2.75) is 18.9 Å². The number of carbonyl (C=O) groups excluding carboxylic acids is 2. The molecule has 2 amide bonds. The molecule has 5 rings (SSSR count). The van der Waals surface area contributed by atoms with Gasteiger partial charge in [-0.15, -0.1) is 11.3 Å². The van der Waals surface area contributed by atoms with E-state index in [9.17, 15) is 9.59 Å². The van der Waals surface area contributed by atoms with Crippen molar-refractivity contribution in [3.63, 3.8) is 0 Å². The zero-order valence-corrected chi connectivity index (χ0v) is 19.0. The number of ether oxygens (including phenoxy) is 1. The van der Waals surface area contributed by atoms with Crippen LogP contribution in [-0.4, -0.2) is 54.0 Å². The van der Waals surface area contributed by atoms with Gasteiger partial charge in [0.2, 0.25) is 5.91 Å². The fourth-order valence-electron chi connectivity index (χ4n) is 4.18. The van der Waals surface area contributed by atoms with E-state index in [1.165, 1.54) is 11.3 Å². The molecular formula is C25H26N4O3S. The summed E-state index contributed by atoms with van der Waals surface area (Å²) in [6.07, 6.45) is 5.27. The molecule has 1 N–H and O–H groups in total. The van der Waals surface area contributed by atoms with Gasteiger partial charge in [0.15, 0.2) is 0 Å². The number of pyridine rings is 1. The van der Waals surface area contributed by atoms with Crippen LogP contribution in [0.2, 0.25) is 0 Å². The summed E-state index contributed by atoms with van der Waals surface area (Å²) in [7, 11) is 0. The number of rotatable bonds is 6. The summed E-state index contributed by atoms with van der Waals surface area (Å²) in [6, 6.07) is 15.2. The average molecular weight is 463 g/mol. The lowest BCUT2D eigenvalue weighted by Gasteiger charge is -2.39. The average Bonchev–Trinajstić information content (AvgIpc) is 3.35. The maximum Gasteiger partial charge on any atom is 0.263 e. The predicted molar refractivity (Wildman–Crippen MR) is 129 cm³/mol. The Morgan fingerprint density at radius 1 is 1.03 bits per heavy atom. The Kier molecular flexibility index (Phi) is 6.26. The van der Waals surface area contributed by atoms with Crippen molar-refractivity contribution in [3.05, 3.63) is 71.2 Å². The minimum absolute atomic E-state index is 0.0248. The number of hydrogen-bond acceptors (Lipinski definition) is 6. The molecule has 8 heteroatoms. The van der Waals surface area contributed by atoms with Crippen LogP contribution in [0.1, 0.15) is 22.5 Å². The first-order valence-corrected chi connectivity index (χ1v) is 12.1. The van der Waals surface area contributed by atoms with Crippen LogP contribution in [0.4, 0.5) is 11.4 Å². The Morgan fingerprint density at radius 2 is 1.82 bits per heavy atom. The quantitative estimate of drug-likeness (QED) is 0.601. The molecule has 2 saturated heterocycles. The van der Waals surface area contributed by atoms with Crippen LogP contribution in [-0.2, 0) is 4.79 Å². The molecule has 0 atom stereocenters. The molecule has 2 aliphatic rings. The molecule has 1 aromatic carbocycles. The highest BCUT2D eigenvalue weighted by Crippen LogP contribution is 2.26. The number of piperidine rings is 1. The van der Waals surface area contributed by atoms with Crippen LogP contribution in [0.15, 0.2) is 66.3 Å². The van der Waals surface area contributed by atoms with E-state index in [0.29, 0.717) is 26.2 Å². The maximum atomic E-state index is 12.5. The van der Waals surface area contributed by atoms with E-state index in [2.05, 4.69) is 15.2 Å². The second-order valence-corrected chi connectivity index (χ2v) is 9.36. The van der Waals surface area contributed by atoms with Gasteiger partial charge in [-0.05, 0) is 47.8 Å². The highest BCUT2D eigenvalue weighted by atomic mass is 32.1. The van der Waals surface area contributed by atoms with Crippen molar-refractivity contribution in [1.82, 2.24) is 9.88 Å². The fourth-order valence-corrected chi connectivity index (χ4v) is 4.87. The zero-order valence-electron chi connectivity index (χ0n) is 18.2. The zero-order chi connectivity index (χ0) is 22.6. The number of anilines is 2. The van der Waals surface area contributed by atoms with Crippen molar-refractivity contribution in [3.8, 4) is 5.75 Å². The van der Waals surface area contributed by atoms with E-state index in [-0.39, 0.29) is 23.8 Å². The minimum Gasteiger partial charge on any atom is -0.490 e. The summed E-state index contributed by atoms with van der Waals surface area (Å²) in [5.41, 5.74) is 1.81. The van der Waals surface area contributed by atoms with Crippen molar-refractivity contribution < 1.29 is 14.3 Å². The summed E-state index contributed by atoms with van der Waals surface area (Å²) in [4.78, 5) is 34.0. The van der Waals surface area contributed by atoms with Crippen LogP contribution in [0.5, 0.6) is 5.75 Å². The first-order chi connectivity index (χ1) is 16.2. The van der Waals surface area contributed by atoms with Gasteiger partial charge in [-0.2, -0.15) is 0 Å². The maximum absolute atomic E-state index is 12.5. The normalized spacial score (nSPS) is 16.8. The Morgan fingerprint density at radius 3 is 2.48 bits per heavy atom. The molecule has 3 aromatic rings. The standard InChI is InChI=1S/C25H26N4O3S/c30-24(18-16-29(17-18)20-3-1-11-26-15-20)27-19-5-7-21(8-6-19)32-22-9-12-28(13-10-22)25(31)23-4-2-14-33-23/h1-8,11,14-15,18,22H,9-10,12-13,16-17H2,(H,27,30). The molecule has 0 aliphatic carbocycles. The minimum atomic E-state index is -0.0248. The van der Waals surface area contributed by atoms with E-state index < -0.39 is 0 Å². The molecule has 7 nitrogen and oxygen atoms in total. The summed E-state index contributed by atoms with van der Waals surface area (Å²) < 4.78 is 6.12. The lowest BCUT2D eigenvalue weighted by atomic mass is 9.98. The van der Waals surface area contributed by atoms with Crippen LogP contribution < -0.4 is 15.0 Å². The highest BCUT2D eigenvalue weighted by molar-refractivity contribution is 7.12. The highest BCUT2D eigenvalue weighted by Gasteiger charge is 2.33. The molecule has 0 saturated carbocycles. The van der Waals surface area contributed by atoms with Gasteiger partial charge in [0, 0.05) is 50.9 Å². The molecule has 170 valence electrons. The predicted octanol–water partition coefficient (Wildman–Crippen LogP) is 3.90. The number of nitrogens with zero attached hydrogens (tertiary/aromatic N) is 3. The topological polar surface area (TPSA) is 74.8 Å². The number of carbonyl (C=O) groups is 2. The second-order valence-electron chi connectivity index (χ2n) is 8.41. The van der Waals surface area contributed by atoms with Crippen LogP contribution in [0.25, 0.3) is 0 Å². The second kappa shape index (κ2) is 9.62. The smallest absolute Gasteiger partial charge is 0.263 e. The number of nitrogens with one attached hydrogen (secondary N) is 1. The summed E-state index contributed by atoms with van der Waals surface area (Å²) >= 11 is 1.48. The Balaban J connectivity index is 1.06. The molecule has 0 radical (unpaired) electrons. The van der Waals surface area contributed by atoms with Crippen molar-refractivity contribution in [2.75, 3.05) is 36.4 Å². The lowest BCUT2D eigenvalue weighted by molar-refractivity contribution is -0.120. The number of amides is 2. The summed E-state index contributed by atoms with van der Waals surface area (Å²) in [5.74, 6) is 0.899. The molecule has 33 heavy (non-hydrogen) atoms. The SMILES string of the molecule is O=C(Nc1ccc(OC2CCN(C(=O)c3cccs3)CC2)cc1)C1CN(c2cccnc2)C1. The Bertz CT molecular complexity index is 1070. The van der Waals surface area contributed by atoms with Gasteiger partial charge < -0.3 is 19.9 Å². The molecule has 0 unspecified atom stereocenters. The molecule has 2 aliphatic heterocycles. The first-order valence-electron chi connectivity index (χ1n) is 11.2. The van der Waals surface area contributed by atoms with Crippen LogP contribution in [0.3, 0.4) is 0 Å². The number of hydrogen-bond donors (Lipinski definition) is 1. The van der Waals surface area contributed by atoms with Gasteiger partial charge in [0.1, 0.15) is 11.9 Å². The van der Waals surface area contributed by atoms with Gasteiger partial charge in [-0.1, -0.05) is 6.07 Å². The molecule has 2 fully saturated rings. The fraction of sp³-hybridized carbons (Fsp3) is 0.320. The summed E-state index contributed by atoms with van der Waals surface area (Å²) in [6.45, 7) is 2.80. The third-order valence-electron chi connectivity index (χ3n) is 6.15. The van der Waals surface area contributed by atoms with Gasteiger partial charge in [0.05, 0.1) is 22.7 Å². The number of thiophene rings is 1. The van der Waals surface area contributed by atoms with E-state index in [4.69, 9.17) is 4.74 Å². The van der Waals surface area contributed by atoms with Crippen LogP contribution >= 0.6 is 11.3 Å². The monoisotopic (exact) mass is 462 g/mol. The Labute approximate surface area is 197 Å². The van der Waals surface area contributed by atoms with Gasteiger partial charge >= 0.3 is 0 Å². The van der Waals surface area contributed by atoms with E-state index in [0.717, 1.165) is 34.8 Å². The third kappa shape index (κ3) is 5.01. The van der Waals surface area contributed by atoms with E-state index in [1.54, 1.807) is 6.20 Å². The largest absolute Gasteiger partial charge is 0.490 e. The van der Waals surface area contributed by atoms with Gasteiger partial charge in [-0.25, -0.2) is 0 Å². The number of benzene rings is 1. The third-order valence-corrected chi connectivity index (χ3v) is 7.01. The Hall–Kier alpha value is -3.39. The number of aromatic nitrogens is 1. The van der Waals surface area contributed by atoms with Crippen LogP contribution in [0, 0.1) is 5.92 Å².